The lowest BCUT2D eigenvalue weighted by Gasteiger charge is -2.08. The second kappa shape index (κ2) is 7.69. The molecule has 2 aromatic carbocycles. The molecule has 0 aliphatic rings. The molecule has 0 atom stereocenters. The number of amides is 1. The number of halogens is 1. The number of nitrogens with zero attached hydrogens (tertiary/aromatic N) is 4. The SMILES string of the molecule is Cc1ccc(-n2ccc(=O)c(C(=O)Nc3nonc3-c3ccc(Cl)cc3)n2)cc1. The third kappa shape index (κ3) is 3.92. The van der Waals surface area contributed by atoms with E-state index in [2.05, 4.69) is 20.7 Å². The van der Waals surface area contributed by atoms with Crippen molar-refractivity contribution < 1.29 is 9.42 Å². The zero-order chi connectivity index (χ0) is 20.4. The average Bonchev–Trinajstić information content (AvgIpc) is 3.17. The zero-order valence-electron chi connectivity index (χ0n) is 15.2. The molecule has 0 bridgehead atoms. The van der Waals surface area contributed by atoms with E-state index in [1.807, 2.05) is 31.2 Å². The molecule has 0 aliphatic carbocycles. The maximum absolute atomic E-state index is 12.7. The normalized spacial score (nSPS) is 10.7. The van der Waals surface area contributed by atoms with Gasteiger partial charge in [-0.15, -0.1) is 0 Å². The van der Waals surface area contributed by atoms with E-state index < -0.39 is 11.3 Å². The van der Waals surface area contributed by atoms with E-state index in [9.17, 15) is 9.59 Å². The molecule has 8 nitrogen and oxygen atoms in total. The van der Waals surface area contributed by atoms with Gasteiger partial charge < -0.3 is 5.32 Å². The quantitative estimate of drug-likeness (QED) is 0.555. The Balaban J connectivity index is 1.64. The van der Waals surface area contributed by atoms with Crippen LogP contribution >= 0.6 is 11.6 Å². The van der Waals surface area contributed by atoms with Crippen LogP contribution in [0.1, 0.15) is 16.1 Å². The number of aryl methyl sites for hydroxylation is 1. The van der Waals surface area contributed by atoms with E-state index in [-0.39, 0.29) is 11.5 Å². The van der Waals surface area contributed by atoms with Gasteiger partial charge in [0.15, 0.2) is 11.4 Å². The van der Waals surface area contributed by atoms with E-state index in [1.165, 1.54) is 16.9 Å². The van der Waals surface area contributed by atoms with Crippen LogP contribution in [0.3, 0.4) is 0 Å². The van der Waals surface area contributed by atoms with Crippen molar-refractivity contribution in [2.75, 3.05) is 5.32 Å². The molecule has 4 rings (SSSR count). The Kier molecular flexibility index (Phi) is 4.92. The summed E-state index contributed by atoms with van der Waals surface area (Å²) < 4.78 is 6.21. The molecule has 2 heterocycles. The van der Waals surface area contributed by atoms with Crippen molar-refractivity contribution in [1.82, 2.24) is 20.1 Å². The highest BCUT2D eigenvalue weighted by Crippen LogP contribution is 2.25. The molecular formula is C20H14ClN5O3. The fraction of sp³-hybridized carbons (Fsp3) is 0.0500. The maximum Gasteiger partial charge on any atom is 0.281 e. The summed E-state index contributed by atoms with van der Waals surface area (Å²) in [4.78, 5) is 24.9. The summed E-state index contributed by atoms with van der Waals surface area (Å²) in [5.74, 6) is -0.647. The van der Waals surface area contributed by atoms with Gasteiger partial charge in [0, 0.05) is 22.8 Å². The van der Waals surface area contributed by atoms with Crippen LogP contribution in [0, 0.1) is 6.92 Å². The Morgan fingerprint density at radius 2 is 1.76 bits per heavy atom. The number of carbonyl (C=O) groups excluding carboxylic acids is 1. The lowest BCUT2D eigenvalue weighted by Crippen LogP contribution is -2.25. The predicted molar refractivity (Wildman–Crippen MR) is 107 cm³/mol. The summed E-state index contributed by atoms with van der Waals surface area (Å²) in [7, 11) is 0. The van der Waals surface area contributed by atoms with Crippen LogP contribution < -0.4 is 10.7 Å². The third-order valence-electron chi connectivity index (χ3n) is 4.16. The lowest BCUT2D eigenvalue weighted by atomic mass is 10.1. The maximum atomic E-state index is 12.7. The second-order valence-corrected chi connectivity index (χ2v) is 6.67. The molecule has 0 fully saturated rings. The van der Waals surface area contributed by atoms with Crippen molar-refractivity contribution in [3.63, 3.8) is 0 Å². The second-order valence-electron chi connectivity index (χ2n) is 6.23. The van der Waals surface area contributed by atoms with E-state index in [4.69, 9.17) is 16.2 Å². The number of hydrogen-bond donors (Lipinski definition) is 1. The Morgan fingerprint density at radius 1 is 1.03 bits per heavy atom. The number of nitrogens with one attached hydrogen (secondary N) is 1. The van der Waals surface area contributed by atoms with E-state index in [0.29, 0.717) is 16.3 Å². The van der Waals surface area contributed by atoms with E-state index in [1.54, 1.807) is 24.3 Å². The number of rotatable bonds is 4. The minimum Gasteiger partial charge on any atom is -0.300 e. The molecule has 0 saturated heterocycles. The van der Waals surface area contributed by atoms with Crippen LogP contribution in [0.15, 0.2) is 70.2 Å². The Bertz CT molecular complexity index is 1230. The first kappa shape index (κ1) is 18.6. The van der Waals surface area contributed by atoms with Gasteiger partial charge in [-0.05, 0) is 41.5 Å². The van der Waals surface area contributed by atoms with E-state index >= 15 is 0 Å². The average molecular weight is 408 g/mol. The van der Waals surface area contributed by atoms with Gasteiger partial charge in [0.25, 0.3) is 5.91 Å². The van der Waals surface area contributed by atoms with Gasteiger partial charge in [-0.1, -0.05) is 41.4 Å². The van der Waals surface area contributed by atoms with Gasteiger partial charge in [0.1, 0.15) is 0 Å². The van der Waals surface area contributed by atoms with Crippen LogP contribution in [0.25, 0.3) is 16.9 Å². The standard InChI is InChI=1S/C20H14ClN5O3/c1-12-2-8-15(9-3-12)26-11-10-16(27)18(23-26)20(28)22-19-17(24-29-25-19)13-4-6-14(21)7-5-13/h2-11H,1H3,(H,22,25,28). The van der Waals surface area contributed by atoms with E-state index in [0.717, 1.165) is 11.3 Å². The molecule has 4 aromatic rings. The molecule has 1 amide bonds. The highest BCUT2D eigenvalue weighted by Gasteiger charge is 2.19. The van der Waals surface area contributed by atoms with Crippen molar-refractivity contribution in [2.45, 2.75) is 6.92 Å². The summed E-state index contributed by atoms with van der Waals surface area (Å²) in [5, 5.41) is 14.8. The first-order valence-corrected chi connectivity index (χ1v) is 8.96. The third-order valence-corrected chi connectivity index (χ3v) is 4.41. The largest absolute Gasteiger partial charge is 0.300 e. The van der Waals surface area contributed by atoms with Crippen molar-refractivity contribution in [1.29, 1.82) is 0 Å². The number of hydrogen-bond acceptors (Lipinski definition) is 6. The molecule has 144 valence electrons. The molecular weight excluding hydrogens is 394 g/mol. The molecule has 1 N–H and O–H groups in total. The molecule has 9 heteroatoms. The summed E-state index contributed by atoms with van der Waals surface area (Å²) in [5.41, 5.74) is 1.96. The number of benzene rings is 2. The van der Waals surface area contributed by atoms with Crippen LogP contribution in [0.4, 0.5) is 5.82 Å². The predicted octanol–water partition coefficient (Wildman–Crippen LogP) is 3.50. The topological polar surface area (TPSA) is 103 Å². The van der Waals surface area contributed by atoms with Gasteiger partial charge in [-0.2, -0.15) is 5.10 Å². The van der Waals surface area contributed by atoms with Gasteiger partial charge in [-0.25, -0.2) is 9.31 Å². The molecule has 29 heavy (non-hydrogen) atoms. The highest BCUT2D eigenvalue weighted by atomic mass is 35.5. The van der Waals surface area contributed by atoms with Crippen molar-refractivity contribution >= 4 is 23.3 Å². The fourth-order valence-electron chi connectivity index (χ4n) is 2.64. The number of carbonyl (C=O) groups is 1. The van der Waals surface area contributed by atoms with Crippen molar-refractivity contribution in [3.8, 4) is 16.9 Å². The first-order chi connectivity index (χ1) is 14.0. The number of aromatic nitrogens is 4. The van der Waals surface area contributed by atoms with Crippen LogP contribution in [-0.2, 0) is 0 Å². The van der Waals surface area contributed by atoms with Crippen molar-refractivity contribution in [3.05, 3.63) is 87.3 Å². The summed E-state index contributed by atoms with van der Waals surface area (Å²) in [6.07, 6.45) is 1.50. The summed E-state index contributed by atoms with van der Waals surface area (Å²) in [6.45, 7) is 1.96. The smallest absolute Gasteiger partial charge is 0.281 e. The molecule has 0 aliphatic heterocycles. The molecule has 0 radical (unpaired) electrons. The Morgan fingerprint density at radius 3 is 2.48 bits per heavy atom. The first-order valence-electron chi connectivity index (χ1n) is 8.58. The van der Waals surface area contributed by atoms with Gasteiger partial charge >= 0.3 is 0 Å². The Labute approximate surface area is 169 Å². The van der Waals surface area contributed by atoms with Gasteiger partial charge in [0.05, 0.1) is 5.69 Å². The summed E-state index contributed by atoms with van der Waals surface area (Å²) in [6, 6.07) is 15.6. The minimum absolute atomic E-state index is 0.0734. The zero-order valence-corrected chi connectivity index (χ0v) is 15.9. The lowest BCUT2D eigenvalue weighted by molar-refractivity contribution is 0.101. The highest BCUT2D eigenvalue weighted by molar-refractivity contribution is 6.30. The molecule has 0 unspecified atom stereocenters. The van der Waals surface area contributed by atoms with Gasteiger partial charge in [-0.3, -0.25) is 9.59 Å². The summed E-state index contributed by atoms with van der Waals surface area (Å²) >= 11 is 5.89. The molecule has 2 aromatic heterocycles. The van der Waals surface area contributed by atoms with Crippen LogP contribution in [-0.4, -0.2) is 26.0 Å². The van der Waals surface area contributed by atoms with Crippen molar-refractivity contribution in [2.24, 2.45) is 0 Å². The number of anilines is 1. The minimum atomic E-state index is -0.720. The Hall–Kier alpha value is -3.78. The van der Waals surface area contributed by atoms with Gasteiger partial charge in [0.2, 0.25) is 11.2 Å². The van der Waals surface area contributed by atoms with Crippen LogP contribution in [0.5, 0.6) is 0 Å². The molecule has 0 spiro atoms. The molecule has 0 saturated carbocycles. The van der Waals surface area contributed by atoms with Crippen LogP contribution in [0.2, 0.25) is 5.02 Å². The fourth-order valence-corrected chi connectivity index (χ4v) is 2.77. The monoisotopic (exact) mass is 407 g/mol.